The van der Waals surface area contributed by atoms with E-state index in [0.717, 1.165) is 6.08 Å². The predicted molar refractivity (Wildman–Crippen MR) is 90.5 cm³/mol. The maximum atomic E-state index is 15.0. The number of fused-ring (bicyclic) bond motifs is 1. The fraction of sp³-hybridized carbons (Fsp3) is 0.500. The van der Waals surface area contributed by atoms with Gasteiger partial charge in [0.15, 0.2) is 0 Å². The first-order chi connectivity index (χ1) is 11.3. The van der Waals surface area contributed by atoms with Gasteiger partial charge in [0, 0.05) is 23.3 Å². The molecule has 1 aliphatic carbocycles. The van der Waals surface area contributed by atoms with E-state index in [0.29, 0.717) is 12.1 Å². The third-order valence-corrected chi connectivity index (χ3v) is 6.68. The van der Waals surface area contributed by atoms with Crippen molar-refractivity contribution >= 4 is 27.3 Å². The second kappa shape index (κ2) is 6.21. The van der Waals surface area contributed by atoms with E-state index in [1.54, 1.807) is 0 Å². The van der Waals surface area contributed by atoms with Gasteiger partial charge in [-0.2, -0.15) is 22.7 Å². The molecule has 9 heteroatoms. The summed E-state index contributed by atoms with van der Waals surface area (Å²) in [6.45, 7) is 6.07. The van der Waals surface area contributed by atoms with Gasteiger partial charge in [0.05, 0.1) is 9.89 Å². The summed E-state index contributed by atoms with van der Waals surface area (Å²) in [5.74, 6) is -10.0. The smallest absolute Gasteiger partial charge is 0.336 e. The number of rotatable bonds is 5. The molecule has 2 unspecified atom stereocenters. The Kier molecular flexibility index (Phi) is 5.14. The average molecular weight is 446 g/mol. The highest BCUT2D eigenvalue weighted by Crippen LogP contribution is 2.66. The van der Waals surface area contributed by atoms with Crippen LogP contribution in [0.25, 0.3) is 0 Å². The Labute approximate surface area is 154 Å². The lowest BCUT2D eigenvalue weighted by Gasteiger charge is -2.41. The third-order valence-electron chi connectivity index (χ3n) is 4.67. The fourth-order valence-electron chi connectivity index (χ4n) is 3.45. The SMILES string of the molecule is C=CCC1(CC(C)(C)[S+](N)[O-])c2c(ccc(F)c2Br)C(F)(F)C1(F)F. The van der Waals surface area contributed by atoms with Crippen molar-refractivity contribution in [2.45, 2.75) is 48.7 Å². The van der Waals surface area contributed by atoms with Crippen LogP contribution in [0, 0.1) is 5.82 Å². The number of benzene rings is 1. The van der Waals surface area contributed by atoms with Crippen molar-refractivity contribution in [1.29, 1.82) is 0 Å². The van der Waals surface area contributed by atoms with E-state index in [-0.39, 0.29) is 0 Å². The summed E-state index contributed by atoms with van der Waals surface area (Å²) >= 11 is 0.772. The topological polar surface area (TPSA) is 49.1 Å². The number of hydrogen-bond acceptors (Lipinski definition) is 2. The second-order valence-corrected chi connectivity index (χ2v) is 9.23. The molecular formula is C16H17BrF5NOS. The van der Waals surface area contributed by atoms with Crippen LogP contribution in [-0.4, -0.2) is 15.2 Å². The van der Waals surface area contributed by atoms with Gasteiger partial charge >= 0.3 is 11.8 Å². The maximum Gasteiger partial charge on any atom is 0.336 e. The molecule has 0 aliphatic heterocycles. The molecule has 140 valence electrons. The summed E-state index contributed by atoms with van der Waals surface area (Å²) in [6, 6.07) is 1.38. The van der Waals surface area contributed by atoms with E-state index in [2.05, 4.69) is 22.5 Å². The maximum absolute atomic E-state index is 15.0. The summed E-state index contributed by atoms with van der Waals surface area (Å²) in [5, 5.41) is 5.38. The van der Waals surface area contributed by atoms with Gasteiger partial charge in [-0.25, -0.2) is 4.39 Å². The second-order valence-electron chi connectivity index (χ2n) is 6.74. The molecule has 0 spiro atoms. The first-order valence-corrected chi connectivity index (χ1v) is 9.28. The number of allylic oxidation sites excluding steroid dienone is 1. The molecule has 1 aromatic rings. The highest BCUT2D eigenvalue weighted by atomic mass is 79.9. The molecule has 0 bridgehead atoms. The van der Waals surface area contributed by atoms with Crippen LogP contribution in [0.3, 0.4) is 0 Å². The van der Waals surface area contributed by atoms with Crippen molar-refractivity contribution in [3.05, 3.63) is 46.2 Å². The number of alkyl halides is 4. The lowest BCUT2D eigenvalue weighted by atomic mass is 9.70. The van der Waals surface area contributed by atoms with Gasteiger partial charge in [-0.1, -0.05) is 6.08 Å². The molecule has 0 amide bonds. The zero-order valence-electron chi connectivity index (χ0n) is 13.5. The van der Waals surface area contributed by atoms with E-state index < -0.39 is 67.6 Å². The van der Waals surface area contributed by atoms with Gasteiger partial charge in [-0.05, 0) is 53.9 Å². The minimum Gasteiger partial charge on any atom is -0.598 e. The van der Waals surface area contributed by atoms with Crippen LogP contribution < -0.4 is 5.14 Å². The van der Waals surface area contributed by atoms with Crippen LogP contribution in [0.15, 0.2) is 29.3 Å². The minimum absolute atomic E-state index is 0.456. The molecule has 2 rings (SSSR count). The van der Waals surface area contributed by atoms with E-state index in [1.165, 1.54) is 13.8 Å². The Morgan fingerprint density at radius 2 is 1.88 bits per heavy atom. The lowest BCUT2D eigenvalue weighted by molar-refractivity contribution is -0.239. The molecule has 1 aliphatic rings. The van der Waals surface area contributed by atoms with Gasteiger partial charge in [0.25, 0.3) is 0 Å². The number of hydrogen-bond donors (Lipinski definition) is 1. The predicted octanol–water partition coefficient (Wildman–Crippen LogP) is 4.93. The Hall–Kier alpha value is -0.640. The van der Waals surface area contributed by atoms with Gasteiger partial charge in [0.2, 0.25) is 0 Å². The van der Waals surface area contributed by atoms with Crippen LogP contribution in [0.4, 0.5) is 22.0 Å². The standard InChI is InChI=1S/C16H17BrF5NOS/c1-4-7-14(8-13(2,3)25(23)24)11-9(5-6-10(18)12(11)17)15(19,20)16(14,21)22/h4-6H,1,7-8,23H2,2-3H3. The quantitative estimate of drug-likeness (QED) is 0.396. The number of nitrogens with two attached hydrogens (primary N) is 1. The molecule has 2 nitrogen and oxygen atoms in total. The summed E-state index contributed by atoms with van der Waals surface area (Å²) in [7, 11) is 0. The van der Waals surface area contributed by atoms with Crippen LogP contribution in [0.2, 0.25) is 0 Å². The molecule has 0 saturated carbocycles. The van der Waals surface area contributed by atoms with E-state index in [4.69, 9.17) is 5.14 Å². The van der Waals surface area contributed by atoms with E-state index in [1.807, 2.05) is 0 Å². The molecule has 2 N–H and O–H groups in total. The van der Waals surface area contributed by atoms with Crippen molar-refractivity contribution in [2.24, 2.45) is 5.14 Å². The Bertz CT molecular complexity index is 710. The number of halogens is 6. The molecule has 0 fully saturated rings. The van der Waals surface area contributed by atoms with Crippen LogP contribution in [0.1, 0.15) is 37.8 Å². The van der Waals surface area contributed by atoms with Gasteiger partial charge in [-0.15, -0.1) is 6.58 Å². The summed E-state index contributed by atoms with van der Waals surface area (Å²) in [6.07, 6.45) is -0.135. The van der Waals surface area contributed by atoms with Gasteiger partial charge < -0.3 is 4.55 Å². The first kappa shape index (κ1) is 20.7. The van der Waals surface area contributed by atoms with Crippen LogP contribution in [-0.2, 0) is 22.7 Å². The summed E-state index contributed by atoms with van der Waals surface area (Å²) in [5.41, 5.74) is -3.99. The lowest BCUT2D eigenvalue weighted by Crippen LogP contribution is -2.54. The minimum atomic E-state index is -4.55. The van der Waals surface area contributed by atoms with Crippen molar-refractivity contribution < 1.29 is 26.5 Å². The van der Waals surface area contributed by atoms with Crippen molar-refractivity contribution in [3.8, 4) is 0 Å². The third kappa shape index (κ3) is 2.74. The van der Waals surface area contributed by atoms with Crippen LogP contribution in [0.5, 0.6) is 0 Å². The molecule has 0 saturated heterocycles. The van der Waals surface area contributed by atoms with E-state index >= 15 is 8.78 Å². The van der Waals surface area contributed by atoms with Crippen molar-refractivity contribution in [3.63, 3.8) is 0 Å². The summed E-state index contributed by atoms with van der Waals surface area (Å²) < 4.78 is 83.2. The zero-order chi connectivity index (χ0) is 19.4. The Balaban J connectivity index is 2.88. The summed E-state index contributed by atoms with van der Waals surface area (Å²) in [4.78, 5) is 0. The molecule has 0 heterocycles. The molecule has 1 aromatic carbocycles. The first-order valence-electron chi connectivity index (χ1n) is 7.28. The molecular weight excluding hydrogens is 429 g/mol. The molecule has 0 aromatic heterocycles. The van der Waals surface area contributed by atoms with Gasteiger partial charge in [-0.3, -0.25) is 0 Å². The van der Waals surface area contributed by atoms with Gasteiger partial charge in [0.1, 0.15) is 10.6 Å². The van der Waals surface area contributed by atoms with Crippen molar-refractivity contribution in [1.82, 2.24) is 0 Å². The van der Waals surface area contributed by atoms with Crippen LogP contribution >= 0.6 is 15.9 Å². The molecule has 0 radical (unpaired) electrons. The Morgan fingerprint density at radius 1 is 1.32 bits per heavy atom. The fourth-order valence-corrected chi connectivity index (χ4v) is 4.57. The highest BCUT2D eigenvalue weighted by molar-refractivity contribution is 9.10. The Morgan fingerprint density at radius 3 is 2.36 bits per heavy atom. The zero-order valence-corrected chi connectivity index (χ0v) is 15.9. The monoisotopic (exact) mass is 445 g/mol. The van der Waals surface area contributed by atoms with E-state index in [9.17, 15) is 17.7 Å². The largest absolute Gasteiger partial charge is 0.598 e. The molecule has 25 heavy (non-hydrogen) atoms. The highest BCUT2D eigenvalue weighted by Gasteiger charge is 2.77. The van der Waals surface area contributed by atoms with Crippen molar-refractivity contribution in [2.75, 3.05) is 0 Å². The molecule has 2 atom stereocenters. The average Bonchev–Trinajstić information content (AvgIpc) is 2.59. The normalized spacial score (nSPS) is 25.5.